The third-order valence-corrected chi connectivity index (χ3v) is 4.02. The number of rotatable bonds is 3. The van der Waals surface area contributed by atoms with Crippen molar-refractivity contribution in [2.24, 2.45) is 0 Å². The summed E-state index contributed by atoms with van der Waals surface area (Å²) < 4.78 is 0. The normalized spacial score (nSPS) is 13.6. The molecule has 3 nitrogen and oxygen atoms in total. The molecule has 1 rings (SSSR count). The van der Waals surface area contributed by atoms with Crippen LogP contribution in [0.2, 0.25) is 0 Å². The minimum atomic E-state index is -0.608. The molecule has 0 aliphatic rings. The van der Waals surface area contributed by atoms with Crippen molar-refractivity contribution < 1.29 is 9.90 Å². The molecule has 0 radical (unpaired) electrons. The lowest BCUT2D eigenvalue weighted by Gasteiger charge is -2.29. The van der Waals surface area contributed by atoms with Crippen LogP contribution in [0.1, 0.15) is 40.9 Å². The summed E-state index contributed by atoms with van der Waals surface area (Å²) in [5.41, 5.74) is 0.521. The van der Waals surface area contributed by atoms with Crippen LogP contribution >= 0.6 is 11.3 Å². The molecule has 1 aromatic heterocycles. The summed E-state index contributed by atoms with van der Waals surface area (Å²) >= 11 is 1.48. The van der Waals surface area contributed by atoms with Crippen molar-refractivity contribution in [2.75, 3.05) is 0 Å². The Morgan fingerprint density at radius 1 is 1.50 bits per heavy atom. The lowest BCUT2D eigenvalue weighted by Crippen LogP contribution is -2.50. The molecule has 1 atom stereocenters. The van der Waals surface area contributed by atoms with Crippen molar-refractivity contribution in [2.45, 2.75) is 46.3 Å². The van der Waals surface area contributed by atoms with Gasteiger partial charge in [-0.2, -0.15) is 0 Å². The van der Waals surface area contributed by atoms with Gasteiger partial charge in [-0.15, -0.1) is 11.3 Å². The summed E-state index contributed by atoms with van der Waals surface area (Å²) in [7, 11) is 0. The third-order valence-electron chi connectivity index (χ3n) is 2.87. The minimum Gasteiger partial charge on any atom is -0.391 e. The largest absolute Gasteiger partial charge is 0.391 e. The van der Waals surface area contributed by atoms with Crippen molar-refractivity contribution >= 4 is 17.2 Å². The van der Waals surface area contributed by atoms with Gasteiger partial charge in [0, 0.05) is 4.88 Å². The Balaban J connectivity index is 2.80. The average Bonchev–Trinajstić information content (AvgIpc) is 2.46. The second-order valence-corrected chi connectivity index (χ2v) is 5.96. The Morgan fingerprint density at radius 2 is 2.06 bits per heavy atom. The fraction of sp³-hybridized carbons (Fsp3) is 0.583. The van der Waals surface area contributed by atoms with Gasteiger partial charge in [0.05, 0.1) is 16.5 Å². The van der Waals surface area contributed by atoms with E-state index >= 15 is 0 Å². The van der Waals surface area contributed by atoms with E-state index in [2.05, 4.69) is 5.32 Å². The van der Waals surface area contributed by atoms with E-state index < -0.39 is 11.6 Å². The molecule has 0 saturated carbocycles. The number of nitrogens with one attached hydrogen (secondary N) is 1. The zero-order chi connectivity index (χ0) is 12.5. The van der Waals surface area contributed by atoms with E-state index in [-0.39, 0.29) is 5.91 Å². The van der Waals surface area contributed by atoms with Crippen LogP contribution in [0.25, 0.3) is 0 Å². The van der Waals surface area contributed by atoms with Gasteiger partial charge in [0.15, 0.2) is 0 Å². The number of aliphatic hydroxyl groups is 1. The number of hydrogen-bond donors (Lipinski definition) is 2. The van der Waals surface area contributed by atoms with Crippen molar-refractivity contribution in [3.63, 3.8) is 0 Å². The van der Waals surface area contributed by atoms with Gasteiger partial charge in [0.25, 0.3) is 5.91 Å². The summed E-state index contributed by atoms with van der Waals surface area (Å²) in [4.78, 5) is 13.8. The Hall–Kier alpha value is -0.870. The quantitative estimate of drug-likeness (QED) is 0.852. The smallest absolute Gasteiger partial charge is 0.261 e. The SMILES string of the molecule is Cc1cc(C(=O)NC(C)(C)C(C)O)sc1C. The van der Waals surface area contributed by atoms with Crippen LogP contribution < -0.4 is 5.32 Å². The predicted molar refractivity (Wildman–Crippen MR) is 67.0 cm³/mol. The van der Waals surface area contributed by atoms with Crippen molar-refractivity contribution in [1.29, 1.82) is 0 Å². The number of aryl methyl sites for hydroxylation is 2. The fourth-order valence-electron chi connectivity index (χ4n) is 1.14. The highest BCUT2D eigenvalue weighted by Crippen LogP contribution is 2.21. The van der Waals surface area contributed by atoms with Crippen LogP contribution in [0.3, 0.4) is 0 Å². The minimum absolute atomic E-state index is 0.118. The first-order valence-electron chi connectivity index (χ1n) is 5.31. The second-order valence-electron chi connectivity index (χ2n) is 4.70. The molecule has 0 fully saturated rings. The van der Waals surface area contributed by atoms with Gasteiger partial charge in [-0.25, -0.2) is 0 Å². The monoisotopic (exact) mass is 241 g/mol. The number of amides is 1. The lowest BCUT2D eigenvalue weighted by atomic mass is 9.99. The number of aliphatic hydroxyl groups excluding tert-OH is 1. The molecule has 1 amide bonds. The molecule has 1 aromatic rings. The highest BCUT2D eigenvalue weighted by atomic mass is 32.1. The van der Waals surface area contributed by atoms with Crippen LogP contribution in [0.4, 0.5) is 0 Å². The number of carbonyl (C=O) groups excluding carboxylic acids is 1. The van der Waals surface area contributed by atoms with Gasteiger partial charge in [-0.1, -0.05) is 0 Å². The maximum absolute atomic E-state index is 11.9. The van der Waals surface area contributed by atoms with Gasteiger partial charge in [-0.05, 0) is 46.2 Å². The Kier molecular flexibility index (Phi) is 3.76. The van der Waals surface area contributed by atoms with Crippen molar-refractivity contribution in [3.8, 4) is 0 Å². The molecule has 0 aromatic carbocycles. The predicted octanol–water partition coefficient (Wildman–Crippen LogP) is 2.25. The molecule has 0 aliphatic heterocycles. The average molecular weight is 241 g/mol. The molecule has 0 spiro atoms. The third kappa shape index (κ3) is 2.83. The number of carbonyl (C=O) groups is 1. The molecular weight excluding hydrogens is 222 g/mol. The first-order valence-corrected chi connectivity index (χ1v) is 6.13. The van der Waals surface area contributed by atoms with E-state index in [9.17, 15) is 9.90 Å². The highest BCUT2D eigenvalue weighted by molar-refractivity contribution is 7.14. The van der Waals surface area contributed by atoms with Crippen LogP contribution in [-0.4, -0.2) is 22.7 Å². The van der Waals surface area contributed by atoms with Crippen LogP contribution in [0.5, 0.6) is 0 Å². The maximum Gasteiger partial charge on any atom is 0.261 e. The standard InChI is InChI=1S/C12H19NO2S/c1-7-6-10(16-8(7)2)11(15)13-12(4,5)9(3)14/h6,9,14H,1-5H3,(H,13,15). The number of hydrogen-bond acceptors (Lipinski definition) is 3. The van der Waals surface area contributed by atoms with E-state index in [4.69, 9.17) is 0 Å². The zero-order valence-corrected chi connectivity index (χ0v) is 11.2. The molecular formula is C12H19NO2S. The van der Waals surface area contributed by atoms with E-state index in [0.29, 0.717) is 4.88 Å². The summed E-state index contributed by atoms with van der Waals surface area (Å²) in [6.07, 6.45) is -0.585. The van der Waals surface area contributed by atoms with E-state index in [1.807, 2.05) is 33.8 Å². The lowest BCUT2D eigenvalue weighted by molar-refractivity contribution is 0.0712. The fourth-order valence-corrected chi connectivity index (χ4v) is 2.07. The summed E-state index contributed by atoms with van der Waals surface area (Å²) in [6, 6.07) is 1.88. The second kappa shape index (κ2) is 4.55. The summed E-state index contributed by atoms with van der Waals surface area (Å²) in [5, 5.41) is 12.4. The topological polar surface area (TPSA) is 49.3 Å². The molecule has 16 heavy (non-hydrogen) atoms. The molecule has 0 aliphatic carbocycles. The Bertz CT molecular complexity index is 374. The van der Waals surface area contributed by atoms with Crippen molar-refractivity contribution in [3.05, 3.63) is 21.4 Å². The molecule has 0 saturated heterocycles. The first-order chi connectivity index (χ1) is 7.24. The zero-order valence-electron chi connectivity index (χ0n) is 10.4. The molecule has 90 valence electrons. The van der Waals surface area contributed by atoms with Crippen molar-refractivity contribution in [1.82, 2.24) is 5.32 Å². The maximum atomic E-state index is 11.9. The van der Waals surface area contributed by atoms with E-state index in [1.54, 1.807) is 6.92 Å². The highest BCUT2D eigenvalue weighted by Gasteiger charge is 2.27. The first kappa shape index (κ1) is 13.2. The Morgan fingerprint density at radius 3 is 2.44 bits per heavy atom. The molecule has 1 heterocycles. The van der Waals surface area contributed by atoms with Gasteiger partial charge < -0.3 is 10.4 Å². The number of thiophene rings is 1. The van der Waals surface area contributed by atoms with Crippen LogP contribution in [-0.2, 0) is 0 Å². The van der Waals surface area contributed by atoms with Crippen LogP contribution in [0, 0.1) is 13.8 Å². The van der Waals surface area contributed by atoms with Crippen LogP contribution in [0.15, 0.2) is 6.07 Å². The van der Waals surface area contributed by atoms with E-state index in [1.165, 1.54) is 11.3 Å². The van der Waals surface area contributed by atoms with E-state index in [0.717, 1.165) is 10.4 Å². The molecule has 4 heteroatoms. The Labute approximate surface area is 100 Å². The molecule has 2 N–H and O–H groups in total. The van der Waals surface area contributed by atoms with Gasteiger partial charge in [0.1, 0.15) is 0 Å². The summed E-state index contributed by atoms with van der Waals surface area (Å²) in [5.74, 6) is -0.118. The molecule has 1 unspecified atom stereocenters. The summed E-state index contributed by atoms with van der Waals surface area (Å²) in [6.45, 7) is 9.27. The molecule has 0 bridgehead atoms. The van der Waals surface area contributed by atoms with Gasteiger partial charge in [0.2, 0.25) is 0 Å². The van der Waals surface area contributed by atoms with Gasteiger partial charge >= 0.3 is 0 Å². The van der Waals surface area contributed by atoms with Gasteiger partial charge in [-0.3, -0.25) is 4.79 Å².